The molecule has 1 aromatic heterocycles. The van der Waals surface area contributed by atoms with Gasteiger partial charge in [-0.05, 0) is 46.6 Å². The van der Waals surface area contributed by atoms with Gasteiger partial charge in [-0.3, -0.25) is 0 Å². The lowest BCUT2D eigenvalue weighted by Gasteiger charge is -2.16. The van der Waals surface area contributed by atoms with Gasteiger partial charge in [0, 0.05) is 0 Å². The van der Waals surface area contributed by atoms with Crippen LogP contribution < -0.4 is 5.32 Å². The molecule has 5 heteroatoms. The zero-order chi connectivity index (χ0) is 13.8. The molecular weight excluding hydrogens is 316 g/mol. The number of halogens is 3. The van der Waals surface area contributed by atoms with E-state index in [9.17, 15) is 8.78 Å². The predicted molar refractivity (Wildman–Crippen MR) is 72.9 cm³/mol. The summed E-state index contributed by atoms with van der Waals surface area (Å²) < 4.78 is 33.1. The van der Waals surface area contributed by atoms with Crippen molar-refractivity contribution in [3.05, 3.63) is 58.0 Å². The first-order chi connectivity index (χ1) is 9.13. The van der Waals surface area contributed by atoms with E-state index in [-0.39, 0.29) is 6.04 Å². The summed E-state index contributed by atoms with van der Waals surface area (Å²) in [6.07, 6.45) is 1.88. The van der Waals surface area contributed by atoms with Crippen molar-refractivity contribution in [1.29, 1.82) is 0 Å². The molecule has 19 heavy (non-hydrogen) atoms. The van der Waals surface area contributed by atoms with Crippen LogP contribution in [-0.4, -0.2) is 6.54 Å². The van der Waals surface area contributed by atoms with E-state index in [1.54, 1.807) is 18.4 Å². The minimum absolute atomic E-state index is 0.203. The van der Waals surface area contributed by atoms with E-state index in [4.69, 9.17) is 4.42 Å². The van der Waals surface area contributed by atoms with Gasteiger partial charge < -0.3 is 9.73 Å². The molecule has 1 atom stereocenters. The van der Waals surface area contributed by atoms with Crippen LogP contribution in [0.5, 0.6) is 0 Å². The normalized spacial score (nSPS) is 12.6. The van der Waals surface area contributed by atoms with Gasteiger partial charge in [0.1, 0.15) is 5.76 Å². The van der Waals surface area contributed by atoms with Crippen molar-refractivity contribution >= 4 is 15.9 Å². The highest BCUT2D eigenvalue weighted by atomic mass is 79.9. The van der Waals surface area contributed by atoms with E-state index >= 15 is 0 Å². The molecule has 0 aliphatic carbocycles. The molecule has 0 aliphatic heterocycles. The molecule has 2 nitrogen and oxygen atoms in total. The van der Waals surface area contributed by atoms with Gasteiger partial charge in [-0.2, -0.15) is 0 Å². The Morgan fingerprint density at radius 2 is 2.11 bits per heavy atom. The van der Waals surface area contributed by atoms with Crippen LogP contribution in [0.3, 0.4) is 0 Å². The Balaban J connectivity index is 2.27. The molecule has 0 saturated heterocycles. The maximum absolute atomic E-state index is 13.7. The third-order valence-electron chi connectivity index (χ3n) is 2.87. The number of hydrogen-bond donors (Lipinski definition) is 1. The summed E-state index contributed by atoms with van der Waals surface area (Å²) in [6, 6.07) is 5.78. The molecule has 0 saturated carbocycles. The molecule has 0 spiro atoms. The number of likely N-dealkylation sites (N-methyl/N-ethyl adjacent to an activating group) is 1. The van der Waals surface area contributed by atoms with Gasteiger partial charge in [0.15, 0.2) is 11.6 Å². The number of rotatable bonds is 5. The Morgan fingerprint density at radius 3 is 2.74 bits per heavy atom. The van der Waals surface area contributed by atoms with Gasteiger partial charge in [0.05, 0.1) is 16.8 Å². The SMILES string of the molecule is CCNC(Cc1cccc(F)c1F)c1occc1Br. The third kappa shape index (κ3) is 3.22. The standard InChI is InChI=1S/C14H14BrF2NO/c1-2-18-12(14-10(15)6-7-19-14)8-9-4-3-5-11(16)13(9)17/h3-7,12,18H,2,8H2,1H3. The number of nitrogens with one attached hydrogen (secondary N) is 1. The number of benzene rings is 1. The molecule has 0 amide bonds. The molecule has 0 fully saturated rings. The summed E-state index contributed by atoms with van der Waals surface area (Å²) in [5.74, 6) is -0.940. The van der Waals surface area contributed by atoms with E-state index < -0.39 is 11.6 Å². The van der Waals surface area contributed by atoms with E-state index in [0.29, 0.717) is 24.3 Å². The molecule has 0 aliphatic rings. The zero-order valence-electron chi connectivity index (χ0n) is 10.4. The molecule has 1 aromatic carbocycles. The van der Waals surface area contributed by atoms with Crippen LogP contribution in [0.15, 0.2) is 39.4 Å². The quantitative estimate of drug-likeness (QED) is 0.888. The Bertz CT molecular complexity index is 556. The highest BCUT2D eigenvalue weighted by Crippen LogP contribution is 2.28. The van der Waals surface area contributed by atoms with Crippen LogP contribution in [0.2, 0.25) is 0 Å². The van der Waals surface area contributed by atoms with Crippen molar-refractivity contribution in [2.75, 3.05) is 6.54 Å². The number of hydrogen-bond acceptors (Lipinski definition) is 2. The van der Waals surface area contributed by atoms with Gasteiger partial charge in [0.25, 0.3) is 0 Å². The molecule has 1 unspecified atom stereocenters. The summed E-state index contributed by atoms with van der Waals surface area (Å²) >= 11 is 3.38. The van der Waals surface area contributed by atoms with Gasteiger partial charge in [-0.1, -0.05) is 19.1 Å². The molecule has 2 aromatic rings. The van der Waals surface area contributed by atoms with Crippen molar-refractivity contribution < 1.29 is 13.2 Å². The lowest BCUT2D eigenvalue weighted by Crippen LogP contribution is -2.23. The van der Waals surface area contributed by atoms with Crippen LogP contribution in [0, 0.1) is 11.6 Å². The van der Waals surface area contributed by atoms with Gasteiger partial charge in [-0.15, -0.1) is 0 Å². The smallest absolute Gasteiger partial charge is 0.162 e. The van der Waals surface area contributed by atoms with E-state index in [0.717, 1.165) is 10.5 Å². The van der Waals surface area contributed by atoms with Crippen molar-refractivity contribution in [3.63, 3.8) is 0 Å². The maximum Gasteiger partial charge on any atom is 0.162 e. The Morgan fingerprint density at radius 1 is 1.32 bits per heavy atom. The average molecular weight is 330 g/mol. The van der Waals surface area contributed by atoms with Crippen LogP contribution in [-0.2, 0) is 6.42 Å². The first-order valence-corrected chi connectivity index (χ1v) is 6.82. The largest absolute Gasteiger partial charge is 0.466 e. The average Bonchev–Trinajstić information content (AvgIpc) is 2.80. The number of furan rings is 1. The van der Waals surface area contributed by atoms with Crippen molar-refractivity contribution in [3.8, 4) is 0 Å². The molecule has 0 radical (unpaired) electrons. The Labute approximate surface area is 118 Å². The second-order valence-corrected chi connectivity index (χ2v) is 5.01. The summed E-state index contributed by atoms with van der Waals surface area (Å²) in [4.78, 5) is 0. The monoisotopic (exact) mass is 329 g/mol. The fraction of sp³-hybridized carbons (Fsp3) is 0.286. The third-order valence-corrected chi connectivity index (χ3v) is 3.52. The van der Waals surface area contributed by atoms with Crippen LogP contribution >= 0.6 is 15.9 Å². The second kappa shape index (κ2) is 6.30. The van der Waals surface area contributed by atoms with Crippen LogP contribution in [0.1, 0.15) is 24.3 Å². The first-order valence-electron chi connectivity index (χ1n) is 6.02. The summed E-state index contributed by atoms with van der Waals surface area (Å²) in [5, 5.41) is 3.21. The van der Waals surface area contributed by atoms with Gasteiger partial charge >= 0.3 is 0 Å². The van der Waals surface area contributed by atoms with Crippen LogP contribution in [0.25, 0.3) is 0 Å². The highest BCUT2D eigenvalue weighted by Gasteiger charge is 2.20. The zero-order valence-corrected chi connectivity index (χ0v) is 12.0. The lowest BCUT2D eigenvalue weighted by molar-refractivity contribution is 0.406. The van der Waals surface area contributed by atoms with Crippen LogP contribution in [0.4, 0.5) is 8.78 Å². The van der Waals surface area contributed by atoms with Crippen molar-refractivity contribution in [2.45, 2.75) is 19.4 Å². The topological polar surface area (TPSA) is 25.2 Å². The van der Waals surface area contributed by atoms with Gasteiger partial charge in [-0.25, -0.2) is 8.78 Å². The molecular formula is C14H14BrF2NO. The van der Waals surface area contributed by atoms with Crippen molar-refractivity contribution in [2.24, 2.45) is 0 Å². The minimum Gasteiger partial charge on any atom is -0.466 e. The Hall–Kier alpha value is -1.20. The summed E-state index contributed by atoms with van der Waals surface area (Å²) in [6.45, 7) is 2.65. The molecule has 1 N–H and O–H groups in total. The fourth-order valence-corrected chi connectivity index (χ4v) is 2.46. The Kier molecular flexibility index (Phi) is 4.71. The summed E-state index contributed by atoms with van der Waals surface area (Å²) in [5.41, 5.74) is 0.328. The summed E-state index contributed by atoms with van der Waals surface area (Å²) in [7, 11) is 0. The van der Waals surface area contributed by atoms with E-state index in [1.165, 1.54) is 6.07 Å². The molecule has 102 valence electrons. The maximum atomic E-state index is 13.7. The molecule has 2 rings (SSSR count). The predicted octanol–water partition coefficient (Wildman–Crippen LogP) is 4.21. The second-order valence-electron chi connectivity index (χ2n) is 4.16. The lowest BCUT2D eigenvalue weighted by atomic mass is 10.0. The van der Waals surface area contributed by atoms with Crippen molar-refractivity contribution in [1.82, 2.24) is 5.32 Å². The molecule has 0 bridgehead atoms. The minimum atomic E-state index is -0.828. The molecule has 1 heterocycles. The highest BCUT2D eigenvalue weighted by molar-refractivity contribution is 9.10. The van der Waals surface area contributed by atoms with E-state index in [2.05, 4.69) is 21.2 Å². The fourth-order valence-electron chi connectivity index (χ4n) is 1.98. The van der Waals surface area contributed by atoms with Gasteiger partial charge in [0.2, 0.25) is 0 Å². The van der Waals surface area contributed by atoms with E-state index in [1.807, 2.05) is 6.92 Å². The first kappa shape index (κ1) is 14.2.